The Morgan fingerprint density at radius 3 is 2.33 bits per heavy atom. The van der Waals surface area contributed by atoms with E-state index in [1.165, 1.54) is 4.90 Å². The number of aromatic nitrogens is 3. The van der Waals surface area contributed by atoms with Crippen LogP contribution in [-0.4, -0.2) is 38.3 Å². The maximum Gasteiger partial charge on any atom is 0.261 e. The van der Waals surface area contributed by atoms with Gasteiger partial charge in [-0.2, -0.15) is 0 Å². The third-order valence-corrected chi connectivity index (χ3v) is 3.53. The number of nitrogens with zero attached hydrogens (tertiary/aromatic N) is 4. The zero-order valence-corrected chi connectivity index (χ0v) is 11.6. The number of fused-ring (bicyclic) bond motifs is 1. The van der Waals surface area contributed by atoms with Gasteiger partial charge in [0.15, 0.2) is 0 Å². The van der Waals surface area contributed by atoms with E-state index >= 15 is 0 Å². The van der Waals surface area contributed by atoms with Crippen LogP contribution >= 0.6 is 0 Å². The van der Waals surface area contributed by atoms with Crippen molar-refractivity contribution >= 4 is 11.8 Å². The summed E-state index contributed by atoms with van der Waals surface area (Å²) in [4.78, 5) is 25.7. The molecule has 7 nitrogen and oxygen atoms in total. The van der Waals surface area contributed by atoms with Gasteiger partial charge in [0.25, 0.3) is 11.8 Å². The Labute approximate surface area is 121 Å². The van der Waals surface area contributed by atoms with Crippen molar-refractivity contribution in [1.29, 1.82) is 0 Å². The summed E-state index contributed by atoms with van der Waals surface area (Å²) in [5.41, 5.74) is 7.49. The van der Waals surface area contributed by atoms with E-state index in [4.69, 9.17) is 5.73 Å². The topological polar surface area (TPSA) is 94.1 Å². The quantitative estimate of drug-likeness (QED) is 0.830. The summed E-state index contributed by atoms with van der Waals surface area (Å²) in [6.45, 7) is 2.45. The normalized spacial score (nSPS) is 15.4. The Balaban J connectivity index is 1.77. The van der Waals surface area contributed by atoms with E-state index in [1.807, 2.05) is 6.92 Å². The lowest BCUT2D eigenvalue weighted by molar-refractivity contribution is 0.0647. The van der Waals surface area contributed by atoms with Crippen molar-refractivity contribution < 1.29 is 9.59 Å². The van der Waals surface area contributed by atoms with Crippen molar-refractivity contribution in [3.8, 4) is 0 Å². The minimum atomic E-state index is -0.266. The number of hydrogen-bond acceptors (Lipinski definition) is 5. The fourth-order valence-corrected chi connectivity index (χ4v) is 2.43. The third kappa shape index (κ3) is 2.21. The highest BCUT2D eigenvalue weighted by atomic mass is 16.2. The van der Waals surface area contributed by atoms with Gasteiger partial charge in [-0.25, -0.2) is 4.68 Å². The molecular weight excluding hydrogens is 270 g/mol. The van der Waals surface area contributed by atoms with E-state index < -0.39 is 0 Å². The monoisotopic (exact) mass is 285 g/mol. The lowest BCUT2D eigenvalue weighted by Gasteiger charge is -2.15. The van der Waals surface area contributed by atoms with Gasteiger partial charge in [0, 0.05) is 12.6 Å². The molecule has 0 bridgehead atoms. The third-order valence-electron chi connectivity index (χ3n) is 3.53. The van der Waals surface area contributed by atoms with E-state index in [2.05, 4.69) is 10.3 Å². The molecule has 0 saturated heterocycles. The number of amides is 2. The molecule has 1 atom stereocenters. The predicted octanol–water partition coefficient (Wildman–Crippen LogP) is 0.594. The second-order valence-electron chi connectivity index (χ2n) is 4.98. The second kappa shape index (κ2) is 5.10. The minimum absolute atomic E-state index is 0.206. The van der Waals surface area contributed by atoms with Crippen LogP contribution in [0.15, 0.2) is 30.5 Å². The molecule has 7 heteroatoms. The van der Waals surface area contributed by atoms with Crippen LogP contribution < -0.4 is 5.73 Å². The Bertz CT molecular complexity index is 672. The van der Waals surface area contributed by atoms with Crippen molar-refractivity contribution in [2.24, 2.45) is 5.73 Å². The van der Waals surface area contributed by atoms with E-state index in [-0.39, 0.29) is 24.4 Å². The summed E-state index contributed by atoms with van der Waals surface area (Å²) in [7, 11) is 0. The molecule has 0 unspecified atom stereocenters. The first-order valence-electron chi connectivity index (χ1n) is 6.69. The molecule has 1 aliphatic rings. The first-order chi connectivity index (χ1) is 10.1. The highest BCUT2D eigenvalue weighted by Gasteiger charge is 2.34. The van der Waals surface area contributed by atoms with Gasteiger partial charge in [-0.15, -0.1) is 5.10 Å². The van der Waals surface area contributed by atoms with E-state index in [9.17, 15) is 9.59 Å². The largest absolute Gasteiger partial charge is 0.323 e. The van der Waals surface area contributed by atoms with Crippen LogP contribution in [0, 0.1) is 0 Å². The smallest absolute Gasteiger partial charge is 0.261 e. The van der Waals surface area contributed by atoms with Crippen LogP contribution in [0.4, 0.5) is 0 Å². The number of benzene rings is 1. The molecule has 108 valence electrons. The van der Waals surface area contributed by atoms with Crippen LogP contribution in [-0.2, 0) is 6.54 Å². The lowest BCUT2D eigenvalue weighted by atomic mass is 10.1. The molecule has 2 aromatic rings. The summed E-state index contributed by atoms with van der Waals surface area (Å²) in [6.07, 6.45) is 1.59. The van der Waals surface area contributed by atoms with Crippen LogP contribution in [0.1, 0.15) is 39.4 Å². The number of imide groups is 1. The molecule has 21 heavy (non-hydrogen) atoms. The van der Waals surface area contributed by atoms with Crippen molar-refractivity contribution in [1.82, 2.24) is 19.9 Å². The van der Waals surface area contributed by atoms with Crippen molar-refractivity contribution in [2.45, 2.75) is 19.5 Å². The maximum atomic E-state index is 12.2. The molecule has 1 aromatic carbocycles. The average molecular weight is 285 g/mol. The zero-order chi connectivity index (χ0) is 15.0. The summed E-state index contributed by atoms with van der Waals surface area (Å²) < 4.78 is 1.62. The van der Waals surface area contributed by atoms with Gasteiger partial charge in [0.2, 0.25) is 0 Å². The molecular formula is C14H15N5O2. The number of carbonyl (C=O) groups is 2. The molecule has 0 fully saturated rings. The number of hydrogen-bond donors (Lipinski definition) is 1. The fourth-order valence-electron chi connectivity index (χ4n) is 2.43. The molecule has 1 aliphatic heterocycles. The first-order valence-corrected chi connectivity index (χ1v) is 6.69. The van der Waals surface area contributed by atoms with Gasteiger partial charge in [0.1, 0.15) is 0 Å². The van der Waals surface area contributed by atoms with Gasteiger partial charge in [-0.1, -0.05) is 17.3 Å². The summed E-state index contributed by atoms with van der Waals surface area (Å²) >= 11 is 0. The molecule has 2 amide bonds. The number of carbonyl (C=O) groups excluding carboxylic acids is 2. The standard InChI is InChI=1S/C14H15N5O2/c1-9(15)12-8-16-17-19(12)7-6-18-13(20)10-4-2-3-5-11(10)14(18)21/h2-5,8-9H,6-7,15H2,1H3/t9-/m1/s1. The molecule has 0 spiro atoms. The Kier molecular flexibility index (Phi) is 3.26. The van der Waals surface area contributed by atoms with Crippen LogP contribution in [0.2, 0.25) is 0 Å². The average Bonchev–Trinajstić information content (AvgIpc) is 3.03. The minimum Gasteiger partial charge on any atom is -0.323 e. The van der Waals surface area contributed by atoms with E-state index in [0.717, 1.165) is 5.69 Å². The summed E-state index contributed by atoms with van der Waals surface area (Å²) in [6, 6.07) is 6.62. The summed E-state index contributed by atoms with van der Waals surface area (Å²) in [5.74, 6) is -0.531. The SMILES string of the molecule is C[C@@H](N)c1cnnn1CCN1C(=O)c2ccccc2C1=O. The van der Waals surface area contributed by atoms with E-state index in [1.54, 1.807) is 35.1 Å². The molecule has 2 heterocycles. The van der Waals surface area contributed by atoms with Crippen molar-refractivity contribution in [3.63, 3.8) is 0 Å². The zero-order valence-electron chi connectivity index (χ0n) is 11.6. The van der Waals surface area contributed by atoms with E-state index in [0.29, 0.717) is 17.7 Å². The Morgan fingerprint density at radius 2 is 1.76 bits per heavy atom. The van der Waals surface area contributed by atoms with Crippen LogP contribution in [0.25, 0.3) is 0 Å². The molecule has 2 N–H and O–H groups in total. The second-order valence-corrected chi connectivity index (χ2v) is 4.98. The predicted molar refractivity (Wildman–Crippen MR) is 74.4 cm³/mol. The summed E-state index contributed by atoms with van der Waals surface area (Å²) in [5, 5.41) is 7.75. The molecule has 1 aromatic heterocycles. The molecule has 0 aliphatic carbocycles. The molecule has 3 rings (SSSR count). The highest BCUT2D eigenvalue weighted by Crippen LogP contribution is 2.22. The maximum absolute atomic E-state index is 12.2. The Morgan fingerprint density at radius 1 is 1.14 bits per heavy atom. The number of rotatable bonds is 4. The van der Waals surface area contributed by atoms with Gasteiger partial charge in [0.05, 0.1) is 29.6 Å². The first kappa shape index (κ1) is 13.4. The Hall–Kier alpha value is -2.54. The van der Waals surface area contributed by atoms with Crippen LogP contribution in [0.3, 0.4) is 0 Å². The van der Waals surface area contributed by atoms with Gasteiger partial charge < -0.3 is 5.73 Å². The van der Waals surface area contributed by atoms with Gasteiger partial charge >= 0.3 is 0 Å². The highest BCUT2D eigenvalue weighted by molar-refractivity contribution is 6.21. The lowest BCUT2D eigenvalue weighted by Crippen LogP contribution is -2.33. The molecule has 0 saturated carbocycles. The van der Waals surface area contributed by atoms with Crippen molar-refractivity contribution in [2.75, 3.05) is 6.54 Å². The van der Waals surface area contributed by atoms with Gasteiger partial charge in [-0.05, 0) is 19.1 Å². The molecule has 0 radical (unpaired) electrons. The van der Waals surface area contributed by atoms with Crippen molar-refractivity contribution in [3.05, 3.63) is 47.3 Å². The fraction of sp³-hybridized carbons (Fsp3) is 0.286. The van der Waals surface area contributed by atoms with Gasteiger partial charge in [-0.3, -0.25) is 14.5 Å². The number of nitrogens with two attached hydrogens (primary N) is 1. The van der Waals surface area contributed by atoms with Crippen LogP contribution in [0.5, 0.6) is 0 Å².